The van der Waals surface area contributed by atoms with Crippen LogP contribution in [0.1, 0.15) is 17.3 Å². The number of benzene rings is 1. The maximum Gasteiger partial charge on any atom is 0.431 e. The highest BCUT2D eigenvalue weighted by Crippen LogP contribution is 2.39. The molecule has 0 unspecified atom stereocenters. The molecule has 5 rings (SSSR count). The zero-order valence-corrected chi connectivity index (χ0v) is 15.2. The number of halogens is 4. The maximum atomic E-state index is 13.5. The van der Waals surface area contributed by atoms with Crippen LogP contribution in [-0.2, 0) is 6.18 Å². The van der Waals surface area contributed by atoms with Crippen molar-refractivity contribution in [3.63, 3.8) is 0 Å². The molecule has 3 aromatic rings. The molecule has 5 nitrogen and oxygen atoms in total. The van der Waals surface area contributed by atoms with E-state index in [1.807, 2.05) is 29.2 Å². The zero-order valence-electron chi connectivity index (χ0n) is 15.2. The monoisotopic (exact) mass is 406 g/mol. The van der Waals surface area contributed by atoms with Gasteiger partial charge in [-0.25, -0.2) is 9.37 Å². The van der Waals surface area contributed by atoms with Gasteiger partial charge in [0, 0.05) is 30.2 Å². The standard InChI is InChI=1S/C20H18F4N4O/c21-11-8-28(9-11)15-10-29-16-4-2-1-3-12(16)18(15)27-19-13-7-17(20(22,23)24)26-14(13)5-6-25-19/h1-7,11,15,18,26H,8-10H2,(H,25,27)/t15-,18-/m0/s1. The third kappa shape index (κ3) is 3.19. The molecule has 0 saturated carbocycles. The zero-order chi connectivity index (χ0) is 20.2. The molecule has 2 aliphatic rings. The first kappa shape index (κ1) is 18.2. The van der Waals surface area contributed by atoms with Gasteiger partial charge in [0.05, 0.1) is 17.6 Å². The van der Waals surface area contributed by atoms with Crippen LogP contribution in [-0.4, -0.2) is 46.8 Å². The number of para-hydroxylation sites is 1. The van der Waals surface area contributed by atoms with E-state index in [0.29, 0.717) is 42.2 Å². The van der Waals surface area contributed by atoms with Crippen LogP contribution in [0.2, 0.25) is 0 Å². The number of alkyl halides is 4. The van der Waals surface area contributed by atoms with Crippen LogP contribution in [0.5, 0.6) is 5.75 Å². The number of pyridine rings is 1. The number of nitrogens with one attached hydrogen (secondary N) is 2. The molecule has 1 aromatic carbocycles. The SMILES string of the molecule is FC1CN([C@H]2COc3ccccc3[C@@H]2Nc2nccc3[nH]c(C(F)(F)F)cc23)C1. The van der Waals surface area contributed by atoms with Crippen LogP contribution in [0.3, 0.4) is 0 Å². The fourth-order valence-electron chi connectivity index (χ4n) is 4.03. The summed E-state index contributed by atoms with van der Waals surface area (Å²) in [6.45, 7) is 0.987. The summed E-state index contributed by atoms with van der Waals surface area (Å²) >= 11 is 0. The molecule has 29 heavy (non-hydrogen) atoms. The minimum absolute atomic E-state index is 0.157. The fraction of sp³-hybridized carbons (Fsp3) is 0.350. The van der Waals surface area contributed by atoms with Gasteiger partial charge < -0.3 is 15.0 Å². The first-order valence-corrected chi connectivity index (χ1v) is 9.31. The van der Waals surface area contributed by atoms with Gasteiger partial charge in [0.15, 0.2) is 0 Å². The van der Waals surface area contributed by atoms with Crippen LogP contribution in [0, 0.1) is 0 Å². The lowest BCUT2D eigenvalue weighted by Crippen LogP contribution is -2.59. The van der Waals surface area contributed by atoms with Crippen molar-refractivity contribution < 1.29 is 22.3 Å². The molecule has 2 aromatic heterocycles. The molecular formula is C20H18F4N4O. The van der Waals surface area contributed by atoms with Gasteiger partial charge in [0.25, 0.3) is 0 Å². The Morgan fingerprint density at radius 2 is 1.97 bits per heavy atom. The predicted molar refractivity (Wildman–Crippen MR) is 99.7 cm³/mol. The number of likely N-dealkylation sites (tertiary alicyclic amines) is 1. The normalized spacial score (nSPS) is 22.8. The molecular weight excluding hydrogens is 388 g/mol. The topological polar surface area (TPSA) is 53.2 Å². The van der Waals surface area contributed by atoms with E-state index in [4.69, 9.17) is 4.74 Å². The predicted octanol–water partition coefficient (Wildman–Crippen LogP) is 4.15. The highest BCUT2D eigenvalue weighted by molar-refractivity contribution is 5.90. The molecule has 1 saturated heterocycles. The minimum Gasteiger partial charge on any atom is -0.491 e. The number of fused-ring (bicyclic) bond motifs is 2. The number of H-pyrrole nitrogens is 1. The number of ether oxygens (including phenoxy) is 1. The third-order valence-electron chi connectivity index (χ3n) is 5.53. The van der Waals surface area contributed by atoms with Crippen LogP contribution >= 0.6 is 0 Å². The second-order valence-electron chi connectivity index (χ2n) is 7.39. The number of hydrogen-bond donors (Lipinski definition) is 2. The van der Waals surface area contributed by atoms with Crippen molar-refractivity contribution in [2.45, 2.75) is 24.4 Å². The molecule has 9 heteroatoms. The van der Waals surface area contributed by atoms with Crippen molar-refractivity contribution in [1.29, 1.82) is 0 Å². The lowest BCUT2D eigenvalue weighted by atomic mass is 9.92. The van der Waals surface area contributed by atoms with Gasteiger partial charge in [0.1, 0.15) is 30.0 Å². The van der Waals surface area contributed by atoms with Crippen molar-refractivity contribution in [2.75, 3.05) is 25.0 Å². The molecule has 0 spiro atoms. The van der Waals surface area contributed by atoms with E-state index in [9.17, 15) is 17.6 Å². The van der Waals surface area contributed by atoms with Crippen LogP contribution < -0.4 is 10.1 Å². The Morgan fingerprint density at radius 3 is 2.72 bits per heavy atom. The lowest BCUT2D eigenvalue weighted by molar-refractivity contribution is -0.140. The molecule has 0 amide bonds. The van der Waals surface area contributed by atoms with E-state index >= 15 is 0 Å². The molecule has 0 radical (unpaired) electrons. The maximum absolute atomic E-state index is 13.5. The first-order chi connectivity index (χ1) is 13.9. The molecule has 1 fully saturated rings. The van der Waals surface area contributed by atoms with Crippen molar-refractivity contribution in [3.05, 3.63) is 53.9 Å². The van der Waals surface area contributed by atoms with Crippen molar-refractivity contribution in [3.8, 4) is 5.75 Å². The van der Waals surface area contributed by atoms with E-state index in [2.05, 4.69) is 15.3 Å². The van der Waals surface area contributed by atoms with E-state index in [-0.39, 0.29) is 12.1 Å². The van der Waals surface area contributed by atoms with Crippen LogP contribution in [0.15, 0.2) is 42.6 Å². The van der Waals surface area contributed by atoms with Gasteiger partial charge in [-0.15, -0.1) is 0 Å². The number of aromatic amines is 1. The summed E-state index contributed by atoms with van der Waals surface area (Å²) in [7, 11) is 0. The average molecular weight is 406 g/mol. The first-order valence-electron chi connectivity index (χ1n) is 9.31. The van der Waals surface area contributed by atoms with Crippen molar-refractivity contribution >= 4 is 16.7 Å². The van der Waals surface area contributed by atoms with E-state index in [1.54, 1.807) is 0 Å². The number of aromatic nitrogens is 2. The quantitative estimate of drug-likeness (QED) is 0.642. The lowest BCUT2D eigenvalue weighted by Gasteiger charge is -2.46. The Kier molecular flexibility index (Phi) is 4.16. The molecule has 0 bridgehead atoms. The van der Waals surface area contributed by atoms with Gasteiger partial charge >= 0.3 is 6.18 Å². The van der Waals surface area contributed by atoms with Crippen molar-refractivity contribution in [2.24, 2.45) is 0 Å². The summed E-state index contributed by atoms with van der Waals surface area (Å²) in [6, 6.07) is 9.60. The Morgan fingerprint density at radius 1 is 1.17 bits per heavy atom. The van der Waals surface area contributed by atoms with Crippen molar-refractivity contribution in [1.82, 2.24) is 14.9 Å². The third-order valence-corrected chi connectivity index (χ3v) is 5.53. The molecule has 2 atom stereocenters. The van der Waals surface area contributed by atoms with Gasteiger partial charge in [-0.1, -0.05) is 18.2 Å². The summed E-state index contributed by atoms with van der Waals surface area (Å²) in [5.41, 5.74) is 0.395. The smallest absolute Gasteiger partial charge is 0.431 e. The summed E-state index contributed by atoms with van der Waals surface area (Å²) < 4.78 is 58.7. The molecule has 2 N–H and O–H groups in total. The van der Waals surface area contributed by atoms with Gasteiger partial charge in [0.2, 0.25) is 0 Å². The molecule has 152 valence electrons. The number of rotatable bonds is 3. The average Bonchev–Trinajstić information content (AvgIpc) is 3.12. The summed E-state index contributed by atoms with van der Waals surface area (Å²) in [4.78, 5) is 8.68. The Bertz CT molecular complexity index is 1040. The highest BCUT2D eigenvalue weighted by atomic mass is 19.4. The van der Waals surface area contributed by atoms with Gasteiger partial charge in [-0.05, 0) is 18.2 Å². The Hall–Kier alpha value is -2.81. The van der Waals surface area contributed by atoms with E-state index < -0.39 is 18.0 Å². The van der Waals surface area contributed by atoms with Crippen LogP contribution in [0.25, 0.3) is 10.9 Å². The Labute approximate surface area is 163 Å². The molecule has 2 aliphatic heterocycles. The number of hydrogen-bond acceptors (Lipinski definition) is 4. The largest absolute Gasteiger partial charge is 0.491 e. The summed E-state index contributed by atoms with van der Waals surface area (Å²) in [5.74, 6) is 1.05. The van der Waals surface area contributed by atoms with Crippen LogP contribution in [0.4, 0.5) is 23.4 Å². The van der Waals surface area contributed by atoms with E-state index in [0.717, 1.165) is 11.6 Å². The summed E-state index contributed by atoms with van der Waals surface area (Å²) in [5, 5.41) is 3.67. The summed E-state index contributed by atoms with van der Waals surface area (Å²) in [6.07, 6.45) is -3.88. The van der Waals surface area contributed by atoms with Gasteiger partial charge in [-0.2, -0.15) is 13.2 Å². The Balaban J connectivity index is 1.54. The molecule has 4 heterocycles. The number of nitrogens with zero attached hydrogens (tertiary/aromatic N) is 2. The second kappa shape index (κ2) is 6.62. The minimum atomic E-state index is -4.47. The molecule has 0 aliphatic carbocycles. The van der Waals surface area contributed by atoms with E-state index in [1.165, 1.54) is 12.3 Å². The highest BCUT2D eigenvalue weighted by Gasteiger charge is 2.41. The van der Waals surface area contributed by atoms with Gasteiger partial charge in [-0.3, -0.25) is 4.90 Å². The number of anilines is 1. The second-order valence-corrected chi connectivity index (χ2v) is 7.39. The fourth-order valence-corrected chi connectivity index (χ4v) is 4.03.